The minimum Gasteiger partial charge on any atom is -0.466 e. The van der Waals surface area contributed by atoms with Crippen molar-refractivity contribution in [2.24, 2.45) is 0 Å². The number of carbonyl (C=O) groups is 2. The van der Waals surface area contributed by atoms with Gasteiger partial charge in [0.1, 0.15) is 0 Å². The highest BCUT2D eigenvalue weighted by atomic mass is 16.5. The van der Waals surface area contributed by atoms with E-state index in [4.69, 9.17) is 4.74 Å². The van der Waals surface area contributed by atoms with Crippen molar-refractivity contribution in [3.8, 4) is 0 Å². The van der Waals surface area contributed by atoms with E-state index in [0.29, 0.717) is 25.9 Å². The molecule has 0 bridgehead atoms. The molecule has 2 atom stereocenters. The zero-order chi connectivity index (χ0) is 47.2. The number of rotatable bonds is 54. The first-order valence-electron chi connectivity index (χ1n) is 29.1. The number of aliphatic hydroxyl groups excluding tert-OH is 2. The Hall–Kier alpha value is -1.66. The monoisotopic (exact) mass is 916 g/mol. The molecule has 0 saturated carbocycles. The summed E-state index contributed by atoms with van der Waals surface area (Å²) in [6, 6.07) is -0.557. The zero-order valence-electron chi connectivity index (χ0n) is 43.7. The van der Waals surface area contributed by atoms with Crippen molar-refractivity contribution in [2.75, 3.05) is 13.2 Å². The molecule has 0 aromatic heterocycles. The Balaban J connectivity index is 3.49. The van der Waals surface area contributed by atoms with Crippen LogP contribution in [0.25, 0.3) is 0 Å². The molecule has 0 saturated heterocycles. The topological polar surface area (TPSA) is 95.9 Å². The number of esters is 1. The molecule has 0 aromatic carbocycles. The van der Waals surface area contributed by atoms with E-state index in [0.717, 1.165) is 77.0 Å². The van der Waals surface area contributed by atoms with E-state index in [1.165, 1.54) is 205 Å². The lowest BCUT2D eigenvalue weighted by molar-refractivity contribution is -0.143. The van der Waals surface area contributed by atoms with Crippen LogP contribution >= 0.6 is 0 Å². The van der Waals surface area contributed by atoms with Crippen LogP contribution in [-0.2, 0) is 14.3 Å². The van der Waals surface area contributed by atoms with Gasteiger partial charge in [0, 0.05) is 12.8 Å². The highest BCUT2D eigenvalue weighted by Gasteiger charge is 2.20. The molecule has 2 unspecified atom stereocenters. The highest BCUT2D eigenvalue weighted by molar-refractivity contribution is 5.76. The zero-order valence-corrected chi connectivity index (χ0v) is 43.7. The molecule has 6 heteroatoms. The minimum atomic E-state index is -0.678. The van der Waals surface area contributed by atoms with Crippen LogP contribution in [0.3, 0.4) is 0 Å². The second-order valence-corrected chi connectivity index (χ2v) is 20.0. The first kappa shape index (κ1) is 63.3. The normalized spacial score (nSPS) is 12.7. The summed E-state index contributed by atoms with van der Waals surface area (Å²) in [5.41, 5.74) is 0. The van der Waals surface area contributed by atoms with Gasteiger partial charge >= 0.3 is 5.97 Å². The van der Waals surface area contributed by atoms with Crippen molar-refractivity contribution in [1.29, 1.82) is 0 Å². The van der Waals surface area contributed by atoms with E-state index in [2.05, 4.69) is 43.5 Å². The standard InChI is InChI=1S/C59H113NO5/c1-3-5-7-9-11-13-15-17-19-20-21-25-29-33-37-41-45-49-53-59(64)65-54-50-46-42-38-34-30-26-22-24-28-32-36-40-44-48-52-58(63)60-56(55-61)57(62)51-47-43-39-35-31-27-23-18-16-14-12-10-8-6-4-2/h22,26,30,34,56-57,61-62H,3-21,23-25,27-29,31-33,35-55H2,1-2H3,(H,60,63)/b26-22-,34-30-. The lowest BCUT2D eigenvalue weighted by Crippen LogP contribution is -2.45. The van der Waals surface area contributed by atoms with Gasteiger partial charge in [0.05, 0.1) is 25.4 Å². The maximum absolute atomic E-state index is 12.5. The fourth-order valence-electron chi connectivity index (χ4n) is 9.04. The number of amides is 1. The summed E-state index contributed by atoms with van der Waals surface area (Å²) in [5.74, 6) is -0.0729. The minimum absolute atomic E-state index is 0.0170. The highest BCUT2D eigenvalue weighted by Crippen LogP contribution is 2.17. The number of allylic oxidation sites excluding steroid dienone is 4. The van der Waals surface area contributed by atoms with Gasteiger partial charge in [-0.2, -0.15) is 0 Å². The van der Waals surface area contributed by atoms with Gasteiger partial charge in [-0.3, -0.25) is 9.59 Å². The quantitative estimate of drug-likeness (QED) is 0.0321. The molecule has 0 rings (SSSR count). The Morgan fingerprint density at radius 3 is 1.14 bits per heavy atom. The molecule has 0 aromatic rings. The third-order valence-electron chi connectivity index (χ3n) is 13.5. The Morgan fingerprint density at radius 2 is 0.754 bits per heavy atom. The Bertz CT molecular complexity index is 1010. The lowest BCUT2D eigenvalue weighted by atomic mass is 10.0. The van der Waals surface area contributed by atoms with Crippen LogP contribution in [0.2, 0.25) is 0 Å². The second kappa shape index (κ2) is 54.9. The van der Waals surface area contributed by atoms with Crippen molar-refractivity contribution < 1.29 is 24.5 Å². The number of ether oxygens (including phenoxy) is 1. The first-order valence-corrected chi connectivity index (χ1v) is 29.1. The maximum atomic E-state index is 12.5. The fourth-order valence-corrected chi connectivity index (χ4v) is 9.04. The molecule has 0 radical (unpaired) electrons. The average molecular weight is 917 g/mol. The van der Waals surface area contributed by atoms with Gasteiger partial charge in [-0.05, 0) is 57.8 Å². The molecular formula is C59H113NO5. The van der Waals surface area contributed by atoms with Crippen LogP contribution in [0, 0.1) is 0 Å². The van der Waals surface area contributed by atoms with Crippen LogP contribution in [0.4, 0.5) is 0 Å². The van der Waals surface area contributed by atoms with E-state index < -0.39 is 12.1 Å². The van der Waals surface area contributed by atoms with E-state index in [-0.39, 0.29) is 18.5 Å². The largest absolute Gasteiger partial charge is 0.466 e. The maximum Gasteiger partial charge on any atom is 0.305 e. The van der Waals surface area contributed by atoms with Crippen LogP contribution in [0.5, 0.6) is 0 Å². The summed E-state index contributed by atoms with van der Waals surface area (Å²) >= 11 is 0. The van der Waals surface area contributed by atoms with Crippen molar-refractivity contribution in [1.82, 2.24) is 5.32 Å². The van der Waals surface area contributed by atoms with Crippen LogP contribution in [-0.4, -0.2) is 47.4 Å². The summed E-state index contributed by atoms with van der Waals surface area (Å²) < 4.78 is 5.46. The molecule has 384 valence electrons. The van der Waals surface area contributed by atoms with Gasteiger partial charge in [-0.15, -0.1) is 0 Å². The van der Waals surface area contributed by atoms with Crippen molar-refractivity contribution in [3.63, 3.8) is 0 Å². The van der Waals surface area contributed by atoms with Crippen LogP contribution in [0.1, 0.15) is 316 Å². The molecule has 1 amide bonds. The van der Waals surface area contributed by atoms with Gasteiger partial charge in [-0.25, -0.2) is 0 Å². The van der Waals surface area contributed by atoms with E-state index in [1.54, 1.807) is 0 Å². The Labute approximate surface area is 405 Å². The number of hydrogen-bond donors (Lipinski definition) is 3. The van der Waals surface area contributed by atoms with E-state index in [9.17, 15) is 19.8 Å². The number of carbonyl (C=O) groups excluding carboxylic acids is 2. The summed E-state index contributed by atoms with van der Waals surface area (Å²) in [7, 11) is 0. The first-order chi connectivity index (χ1) is 32.0. The fraction of sp³-hybridized carbons (Fsp3) is 0.898. The smallest absolute Gasteiger partial charge is 0.305 e. The van der Waals surface area contributed by atoms with E-state index in [1.807, 2.05) is 0 Å². The third-order valence-corrected chi connectivity index (χ3v) is 13.5. The Morgan fingerprint density at radius 1 is 0.431 bits per heavy atom. The molecule has 0 aliphatic rings. The van der Waals surface area contributed by atoms with Gasteiger partial charge in [0.25, 0.3) is 0 Å². The molecule has 6 nitrogen and oxygen atoms in total. The molecule has 0 fully saturated rings. The van der Waals surface area contributed by atoms with Crippen molar-refractivity contribution in [2.45, 2.75) is 328 Å². The molecule has 0 spiro atoms. The number of nitrogens with one attached hydrogen (secondary N) is 1. The predicted molar refractivity (Wildman–Crippen MR) is 283 cm³/mol. The molecule has 3 N–H and O–H groups in total. The molecule has 65 heavy (non-hydrogen) atoms. The van der Waals surface area contributed by atoms with E-state index >= 15 is 0 Å². The summed E-state index contributed by atoms with van der Waals surface area (Å²) in [5, 5.41) is 23.2. The van der Waals surface area contributed by atoms with Gasteiger partial charge in [0.15, 0.2) is 0 Å². The summed E-state index contributed by atoms with van der Waals surface area (Å²) in [6.45, 7) is 4.92. The van der Waals surface area contributed by atoms with Crippen molar-refractivity contribution in [3.05, 3.63) is 24.3 Å². The third kappa shape index (κ3) is 51.6. The van der Waals surface area contributed by atoms with Crippen molar-refractivity contribution >= 4 is 11.9 Å². The lowest BCUT2D eigenvalue weighted by Gasteiger charge is -2.22. The Kier molecular flexibility index (Phi) is 53.5. The summed E-state index contributed by atoms with van der Waals surface area (Å²) in [4.78, 5) is 24.5. The van der Waals surface area contributed by atoms with Gasteiger partial charge < -0.3 is 20.3 Å². The van der Waals surface area contributed by atoms with Gasteiger partial charge in [-0.1, -0.05) is 269 Å². The SMILES string of the molecule is CCCCCCCCCCCCCCCCCCCCC(=O)OCCCCC/C=C\C=C/CCCCCCCCC(=O)NC(CO)C(O)CCCCCCCCCCCCCCCCC. The molecular weight excluding hydrogens is 803 g/mol. The van der Waals surface area contributed by atoms with Gasteiger partial charge in [0.2, 0.25) is 5.91 Å². The number of aliphatic hydroxyl groups is 2. The average Bonchev–Trinajstić information content (AvgIpc) is 3.31. The van der Waals surface area contributed by atoms with Crippen LogP contribution in [0.15, 0.2) is 24.3 Å². The molecule has 0 aliphatic heterocycles. The predicted octanol–water partition coefficient (Wildman–Crippen LogP) is 17.9. The second-order valence-electron chi connectivity index (χ2n) is 20.0. The summed E-state index contributed by atoms with van der Waals surface area (Å²) in [6.07, 6.45) is 66.0. The number of unbranched alkanes of at least 4 members (excludes halogenated alkanes) is 40. The molecule has 0 heterocycles. The molecule has 0 aliphatic carbocycles. The number of hydrogen-bond acceptors (Lipinski definition) is 5. The van der Waals surface area contributed by atoms with Crippen LogP contribution < -0.4 is 5.32 Å².